The van der Waals surface area contributed by atoms with Crippen molar-refractivity contribution in [1.82, 2.24) is 9.80 Å². The summed E-state index contributed by atoms with van der Waals surface area (Å²) in [5.41, 5.74) is 6.97. The molecule has 24 heavy (non-hydrogen) atoms. The maximum atomic E-state index is 12.6. The molecule has 0 radical (unpaired) electrons. The Kier molecular flexibility index (Phi) is 5.51. The molecule has 0 aliphatic carbocycles. The summed E-state index contributed by atoms with van der Waals surface area (Å²) < 4.78 is 0. The van der Waals surface area contributed by atoms with E-state index in [1.807, 2.05) is 40.1 Å². The van der Waals surface area contributed by atoms with E-state index in [9.17, 15) is 9.59 Å². The first-order valence-electron chi connectivity index (χ1n) is 9.02. The van der Waals surface area contributed by atoms with Crippen LogP contribution in [-0.4, -0.2) is 47.8 Å². The van der Waals surface area contributed by atoms with Crippen molar-refractivity contribution in [3.8, 4) is 0 Å². The van der Waals surface area contributed by atoms with Crippen LogP contribution in [0.25, 0.3) is 0 Å². The summed E-state index contributed by atoms with van der Waals surface area (Å²) in [6.45, 7) is 3.25. The molecule has 0 saturated carbocycles. The molecular formula is C19H27N3O2. The number of hydrogen-bond donors (Lipinski definition) is 1. The van der Waals surface area contributed by atoms with Gasteiger partial charge in [-0.25, -0.2) is 0 Å². The van der Waals surface area contributed by atoms with E-state index in [1.165, 1.54) is 0 Å². The zero-order valence-corrected chi connectivity index (χ0v) is 14.2. The van der Waals surface area contributed by atoms with E-state index < -0.39 is 6.04 Å². The Morgan fingerprint density at radius 3 is 2.25 bits per heavy atom. The first kappa shape index (κ1) is 17.0. The fourth-order valence-electron chi connectivity index (χ4n) is 3.70. The van der Waals surface area contributed by atoms with Crippen LogP contribution in [0, 0.1) is 5.92 Å². The Bertz CT molecular complexity index is 561. The van der Waals surface area contributed by atoms with Crippen LogP contribution in [0.5, 0.6) is 0 Å². The second kappa shape index (κ2) is 7.79. The van der Waals surface area contributed by atoms with Gasteiger partial charge in [0.1, 0.15) is 6.04 Å². The minimum atomic E-state index is -0.589. The topological polar surface area (TPSA) is 66.6 Å². The highest BCUT2D eigenvalue weighted by molar-refractivity contribution is 5.83. The van der Waals surface area contributed by atoms with Crippen molar-refractivity contribution in [2.24, 2.45) is 11.7 Å². The van der Waals surface area contributed by atoms with Gasteiger partial charge in [-0.1, -0.05) is 30.3 Å². The third-order valence-electron chi connectivity index (χ3n) is 5.27. The van der Waals surface area contributed by atoms with Gasteiger partial charge in [-0.2, -0.15) is 0 Å². The van der Waals surface area contributed by atoms with E-state index in [0.717, 1.165) is 44.3 Å². The number of nitrogens with two attached hydrogens (primary N) is 1. The van der Waals surface area contributed by atoms with Crippen molar-refractivity contribution in [2.75, 3.05) is 26.2 Å². The standard InChI is InChI=1S/C19H27N3O2/c20-18(16-6-2-1-3-7-16)19(24)22-12-8-15(9-13-22)14-17(23)21-10-4-5-11-21/h1-3,6-7,15,18H,4-5,8-14,20H2. The molecule has 1 unspecified atom stereocenters. The van der Waals surface area contributed by atoms with Crippen molar-refractivity contribution < 1.29 is 9.59 Å². The van der Waals surface area contributed by atoms with Gasteiger partial charge in [-0.3, -0.25) is 9.59 Å². The Hall–Kier alpha value is -1.88. The summed E-state index contributed by atoms with van der Waals surface area (Å²) >= 11 is 0. The highest BCUT2D eigenvalue weighted by atomic mass is 16.2. The minimum Gasteiger partial charge on any atom is -0.343 e. The van der Waals surface area contributed by atoms with Gasteiger partial charge in [0, 0.05) is 32.6 Å². The lowest BCUT2D eigenvalue weighted by molar-refractivity contribution is -0.134. The largest absolute Gasteiger partial charge is 0.343 e. The van der Waals surface area contributed by atoms with E-state index in [4.69, 9.17) is 5.73 Å². The Labute approximate surface area is 143 Å². The summed E-state index contributed by atoms with van der Waals surface area (Å²) in [4.78, 5) is 28.7. The zero-order chi connectivity index (χ0) is 16.9. The predicted octanol–water partition coefficient (Wildman–Crippen LogP) is 1.94. The van der Waals surface area contributed by atoms with Crippen LogP contribution in [0.15, 0.2) is 30.3 Å². The molecule has 5 heteroatoms. The van der Waals surface area contributed by atoms with Crippen molar-refractivity contribution in [3.05, 3.63) is 35.9 Å². The number of hydrogen-bond acceptors (Lipinski definition) is 3. The van der Waals surface area contributed by atoms with Gasteiger partial charge in [0.25, 0.3) is 0 Å². The van der Waals surface area contributed by atoms with Crippen LogP contribution in [0.1, 0.15) is 43.7 Å². The van der Waals surface area contributed by atoms with Gasteiger partial charge in [0.2, 0.25) is 11.8 Å². The summed E-state index contributed by atoms with van der Waals surface area (Å²) in [5.74, 6) is 0.680. The van der Waals surface area contributed by atoms with Crippen molar-refractivity contribution in [2.45, 2.75) is 38.1 Å². The van der Waals surface area contributed by atoms with E-state index in [1.54, 1.807) is 0 Å². The molecule has 2 aliphatic heterocycles. The molecule has 3 rings (SSSR count). The molecule has 1 aromatic rings. The number of piperidine rings is 1. The Balaban J connectivity index is 1.47. The first-order chi connectivity index (χ1) is 11.6. The molecule has 2 aliphatic rings. The molecule has 2 fully saturated rings. The highest BCUT2D eigenvalue weighted by Crippen LogP contribution is 2.24. The second-order valence-corrected chi connectivity index (χ2v) is 6.95. The normalized spacial score (nSPS) is 20.2. The van der Waals surface area contributed by atoms with Crippen molar-refractivity contribution in [1.29, 1.82) is 0 Å². The molecule has 1 atom stereocenters. The smallest absolute Gasteiger partial charge is 0.244 e. The van der Waals surface area contributed by atoms with Crippen LogP contribution in [0.2, 0.25) is 0 Å². The van der Waals surface area contributed by atoms with Gasteiger partial charge in [0.15, 0.2) is 0 Å². The predicted molar refractivity (Wildman–Crippen MR) is 93.1 cm³/mol. The fraction of sp³-hybridized carbons (Fsp3) is 0.579. The summed E-state index contributed by atoms with van der Waals surface area (Å²) in [5, 5.41) is 0. The van der Waals surface area contributed by atoms with E-state index in [2.05, 4.69) is 0 Å². The highest BCUT2D eigenvalue weighted by Gasteiger charge is 2.29. The van der Waals surface area contributed by atoms with E-state index in [-0.39, 0.29) is 5.91 Å². The van der Waals surface area contributed by atoms with Crippen LogP contribution in [0.4, 0.5) is 0 Å². The van der Waals surface area contributed by atoms with Gasteiger partial charge >= 0.3 is 0 Å². The monoisotopic (exact) mass is 329 g/mol. The number of carbonyl (C=O) groups is 2. The maximum Gasteiger partial charge on any atom is 0.244 e. The molecule has 2 saturated heterocycles. The van der Waals surface area contributed by atoms with E-state index >= 15 is 0 Å². The maximum absolute atomic E-state index is 12.6. The number of benzene rings is 1. The van der Waals surface area contributed by atoms with E-state index in [0.29, 0.717) is 31.3 Å². The lowest BCUT2D eigenvalue weighted by Crippen LogP contribution is -2.44. The van der Waals surface area contributed by atoms with Gasteiger partial charge in [-0.15, -0.1) is 0 Å². The summed E-state index contributed by atoms with van der Waals surface area (Å²) in [6.07, 6.45) is 4.69. The molecule has 5 nitrogen and oxygen atoms in total. The zero-order valence-electron chi connectivity index (χ0n) is 14.2. The summed E-state index contributed by atoms with van der Waals surface area (Å²) in [7, 11) is 0. The molecule has 0 aromatic heterocycles. The molecule has 2 N–H and O–H groups in total. The lowest BCUT2D eigenvalue weighted by atomic mass is 9.92. The Morgan fingerprint density at radius 1 is 1.00 bits per heavy atom. The number of carbonyl (C=O) groups excluding carboxylic acids is 2. The molecule has 2 amide bonds. The average molecular weight is 329 g/mol. The lowest BCUT2D eigenvalue weighted by Gasteiger charge is -2.34. The van der Waals surface area contributed by atoms with Gasteiger partial charge < -0.3 is 15.5 Å². The van der Waals surface area contributed by atoms with Crippen LogP contribution in [0.3, 0.4) is 0 Å². The Morgan fingerprint density at radius 2 is 1.62 bits per heavy atom. The number of amides is 2. The van der Waals surface area contributed by atoms with Crippen LogP contribution >= 0.6 is 0 Å². The van der Waals surface area contributed by atoms with Crippen molar-refractivity contribution >= 4 is 11.8 Å². The second-order valence-electron chi connectivity index (χ2n) is 6.95. The van der Waals surface area contributed by atoms with Crippen LogP contribution < -0.4 is 5.73 Å². The van der Waals surface area contributed by atoms with Gasteiger partial charge in [0.05, 0.1) is 0 Å². The average Bonchev–Trinajstić information content (AvgIpc) is 3.17. The SMILES string of the molecule is NC(C(=O)N1CCC(CC(=O)N2CCCC2)CC1)c1ccccc1. The number of rotatable bonds is 4. The number of nitrogens with zero attached hydrogens (tertiary/aromatic N) is 2. The molecule has 0 spiro atoms. The molecule has 130 valence electrons. The quantitative estimate of drug-likeness (QED) is 0.918. The number of likely N-dealkylation sites (tertiary alicyclic amines) is 2. The minimum absolute atomic E-state index is 0.00878. The molecule has 2 heterocycles. The molecular weight excluding hydrogens is 302 g/mol. The third-order valence-corrected chi connectivity index (χ3v) is 5.27. The summed E-state index contributed by atoms with van der Waals surface area (Å²) in [6, 6.07) is 8.92. The fourth-order valence-corrected chi connectivity index (χ4v) is 3.70. The van der Waals surface area contributed by atoms with Crippen LogP contribution in [-0.2, 0) is 9.59 Å². The molecule has 0 bridgehead atoms. The third kappa shape index (κ3) is 3.96. The molecule has 1 aromatic carbocycles. The first-order valence-corrected chi connectivity index (χ1v) is 9.02. The van der Waals surface area contributed by atoms with Gasteiger partial charge in [-0.05, 0) is 37.2 Å². The van der Waals surface area contributed by atoms with Crippen molar-refractivity contribution in [3.63, 3.8) is 0 Å².